The standard InChI is InChI=1S/C21H32N6O/c1-3-8-19(21-22-23-24-27(21)17-9-4-5-10-17)26-15-13-25(14-16-26)18-11-6-7-12-20(18)28-2/h6-7,11-12,17,19H,3-5,8-10,13-16H2,1-2H3. The van der Waals surface area contributed by atoms with Crippen LogP contribution in [0, 0.1) is 0 Å². The predicted octanol–water partition coefficient (Wildman–Crippen LogP) is 3.46. The van der Waals surface area contributed by atoms with Gasteiger partial charge in [-0.15, -0.1) is 5.10 Å². The summed E-state index contributed by atoms with van der Waals surface area (Å²) >= 11 is 0. The highest BCUT2D eigenvalue weighted by Crippen LogP contribution is 2.34. The molecule has 4 rings (SSSR count). The summed E-state index contributed by atoms with van der Waals surface area (Å²) < 4.78 is 7.70. The van der Waals surface area contributed by atoms with Gasteiger partial charge in [0.25, 0.3) is 0 Å². The molecule has 152 valence electrons. The van der Waals surface area contributed by atoms with E-state index in [0.717, 1.165) is 50.6 Å². The maximum atomic E-state index is 5.56. The van der Waals surface area contributed by atoms with E-state index in [-0.39, 0.29) is 0 Å². The van der Waals surface area contributed by atoms with E-state index in [1.807, 2.05) is 12.1 Å². The van der Waals surface area contributed by atoms with E-state index < -0.39 is 0 Å². The van der Waals surface area contributed by atoms with E-state index in [1.165, 1.54) is 31.4 Å². The predicted molar refractivity (Wildman–Crippen MR) is 110 cm³/mol. The molecule has 1 saturated heterocycles. The number of piperazine rings is 1. The number of benzene rings is 1. The first-order chi connectivity index (χ1) is 13.8. The third-order valence-corrected chi connectivity index (χ3v) is 6.23. The number of ether oxygens (including phenoxy) is 1. The average Bonchev–Trinajstić information content (AvgIpc) is 3.44. The van der Waals surface area contributed by atoms with Crippen molar-refractivity contribution in [1.29, 1.82) is 0 Å². The molecule has 1 aliphatic carbocycles. The lowest BCUT2D eigenvalue weighted by Gasteiger charge is -2.40. The number of hydrogen-bond donors (Lipinski definition) is 0. The zero-order valence-corrected chi connectivity index (χ0v) is 17.1. The molecule has 2 fully saturated rings. The van der Waals surface area contributed by atoms with Gasteiger partial charge in [-0.25, -0.2) is 4.68 Å². The fourth-order valence-electron chi connectivity index (χ4n) is 4.74. The lowest BCUT2D eigenvalue weighted by molar-refractivity contribution is 0.161. The fraction of sp³-hybridized carbons (Fsp3) is 0.667. The van der Waals surface area contributed by atoms with Gasteiger partial charge in [0.15, 0.2) is 5.82 Å². The number of para-hydroxylation sites is 2. The third-order valence-electron chi connectivity index (χ3n) is 6.23. The van der Waals surface area contributed by atoms with Crippen molar-refractivity contribution in [3.63, 3.8) is 0 Å². The molecule has 7 heteroatoms. The molecule has 1 aromatic heterocycles. The molecule has 0 bridgehead atoms. The molecule has 2 aromatic rings. The zero-order valence-electron chi connectivity index (χ0n) is 17.1. The summed E-state index contributed by atoms with van der Waals surface area (Å²) in [5, 5.41) is 12.9. The van der Waals surface area contributed by atoms with Crippen molar-refractivity contribution in [3.05, 3.63) is 30.1 Å². The molecular weight excluding hydrogens is 352 g/mol. The first-order valence-corrected chi connectivity index (χ1v) is 10.7. The number of methoxy groups -OCH3 is 1. The van der Waals surface area contributed by atoms with Gasteiger partial charge in [-0.1, -0.05) is 38.3 Å². The lowest BCUT2D eigenvalue weighted by Crippen LogP contribution is -2.48. The Morgan fingerprint density at radius 3 is 2.57 bits per heavy atom. The Bertz CT molecular complexity index is 749. The van der Waals surface area contributed by atoms with E-state index in [2.05, 4.69) is 49.1 Å². The minimum Gasteiger partial charge on any atom is -0.495 e. The quantitative estimate of drug-likeness (QED) is 0.729. The SMILES string of the molecule is CCCC(c1nnnn1C1CCCC1)N1CCN(c2ccccc2OC)CC1. The van der Waals surface area contributed by atoms with Gasteiger partial charge in [-0.3, -0.25) is 4.90 Å². The molecule has 1 atom stereocenters. The molecule has 0 N–H and O–H groups in total. The van der Waals surface area contributed by atoms with Gasteiger partial charge >= 0.3 is 0 Å². The maximum Gasteiger partial charge on any atom is 0.168 e. The van der Waals surface area contributed by atoms with Crippen molar-refractivity contribution in [2.45, 2.75) is 57.5 Å². The number of tetrazole rings is 1. The first kappa shape index (κ1) is 19.2. The van der Waals surface area contributed by atoms with Gasteiger partial charge in [0, 0.05) is 26.2 Å². The van der Waals surface area contributed by atoms with Crippen molar-refractivity contribution in [2.24, 2.45) is 0 Å². The second-order valence-corrected chi connectivity index (χ2v) is 7.92. The van der Waals surface area contributed by atoms with E-state index in [9.17, 15) is 0 Å². The summed E-state index contributed by atoms with van der Waals surface area (Å²) in [5.41, 5.74) is 1.19. The highest BCUT2D eigenvalue weighted by atomic mass is 16.5. The summed E-state index contributed by atoms with van der Waals surface area (Å²) in [6.45, 7) is 6.26. The molecule has 7 nitrogen and oxygen atoms in total. The average molecular weight is 385 g/mol. The van der Waals surface area contributed by atoms with E-state index in [1.54, 1.807) is 7.11 Å². The molecule has 1 unspecified atom stereocenters. The summed E-state index contributed by atoms with van der Waals surface area (Å²) in [7, 11) is 1.75. The van der Waals surface area contributed by atoms with Crippen LogP contribution in [0.25, 0.3) is 0 Å². The van der Waals surface area contributed by atoms with Crippen molar-refractivity contribution < 1.29 is 4.74 Å². The van der Waals surface area contributed by atoms with E-state index in [4.69, 9.17) is 4.74 Å². The molecule has 1 aliphatic heterocycles. The normalized spacial score (nSPS) is 19.9. The minimum absolute atomic E-state index is 0.306. The van der Waals surface area contributed by atoms with Crippen LogP contribution in [-0.4, -0.2) is 58.4 Å². The molecule has 1 saturated carbocycles. The summed E-state index contributed by atoms with van der Waals surface area (Å²) in [4.78, 5) is 5.00. The topological polar surface area (TPSA) is 59.3 Å². The van der Waals surface area contributed by atoms with Crippen LogP contribution in [0.2, 0.25) is 0 Å². The molecule has 1 aromatic carbocycles. The van der Waals surface area contributed by atoms with Gasteiger partial charge in [-0.05, 0) is 41.8 Å². The number of aromatic nitrogens is 4. The van der Waals surface area contributed by atoms with E-state index in [0.29, 0.717) is 12.1 Å². The van der Waals surface area contributed by atoms with Crippen LogP contribution in [0.3, 0.4) is 0 Å². The van der Waals surface area contributed by atoms with Gasteiger partial charge < -0.3 is 9.64 Å². The van der Waals surface area contributed by atoms with E-state index >= 15 is 0 Å². The monoisotopic (exact) mass is 384 g/mol. The molecule has 0 radical (unpaired) electrons. The Morgan fingerprint density at radius 1 is 1.11 bits per heavy atom. The second kappa shape index (κ2) is 8.90. The van der Waals surface area contributed by atoms with Crippen LogP contribution in [0.5, 0.6) is 5.75 Å². The highest BCUT2D eigenvalue weighted by molar-refractivity contribution is 5.58. The molecular formula is C21H32N6O. The van der Waals surface area contributed by atoms with Gasteiger partial charge in [0.1, 0.15) is 5.75 Å². The van der Waals surface area contributed by atoms with Crippen molar-refractivity contribution in [1.82, 2.24) is 25.1 Å². The van der Waals surface area contributed by atoms with Crippen LogP contribution >= 0.6 is 0 Å². The van der Waals surface area contributed by atoms with Crippen molar-refractivity contribution in [3.8, 4) is 5.75 Å². The largest absolute Gasteiger partial charge is 0.495 e. The highest BCUT2D eigenvalue weighted by Gasteiger charge is 2.31. The zero-order chi connectivity index (χ0) is 19.3. The lowest BCUT2D eigenvalue weighted by atomic mass is 10.1. The fourth-order valence-corrected chi connectivity index (χ4v) is 4.74. The van der Waals surface area contributed by atoms with Crippen LogP contribution in [0.1, 0.15) is 63.4 Å². The summed E-state index contributed by atoms with van der Waals surface area (Å²) in [6.07, 6.45) is 7.23. The number of anilines is 1. The third kappa shape index (κ3) is 3.85. The minimum atomic E-state index is 0.306. The Balaban J connectivity index is 1.48. The molecule has 0 spiro atoms. The number of hydrogen-bond acceptors (Lipinski definition) is 6. The van der Waals surface area contributed by atoms with Gasteiger partial charge in [0.2, 0.25) is 0 Å². The second-order valence-electron chi connectivity index (χ2n) is 7.92. The van der Waals surface area contributed by atoms with Crippen LogP contribution in [0.15, 0.2) is 24.3 Å². The van der Waals surface area contributed by atoms with Crippen LogP contribution < -0.4 is 9.64 Å². The Hall–Kier alpha value is -2.15. The van der Waals surface area contributed by atoms with Gasteiger partial charge in [-0.2, -0.15) is 0 Å². The number of nitrogens with zero attached hydrogens (tertiary/aromatic N) is 6. The Morgan fingerprint density at radius 2 is 1.86 bits per heavy atom. The van der Waals surface area contributed by atoms with Crippen LogP contribution in [0.4, 0.5) is 5.69 Å². The van der Waals surface area contributed by atoms with Gasteiger partial charge in [0.05, 0.1) is 24.9 Å². The Kier molecular flexibility index (Phi) is 6.10. The van der Waals surface area contributed by atoms with Crippen LogP contribution in [-0.2, 0) is 0 Å². The summed E-state index contributed by atoms with van der Waals surface area (Å²) in [6, 6.07) is 9.09. The van der Waals surface area contributed by atoms with Crippen molar-refractivity contribution >= 4 is 5.69 Å². The molecule has 2 aliphatic rings. The first-order valence-electron chi connectivity index (χ1n) is 10.7. The molecule has 2 heterocycles. The Labute approximate surface area is 167 Å². The van der Waals surface area contributed by atoms with Crippen molar-refractivity contribution in [2.75, 3.05) is 38.2 Å². The number of rotatable bonds is 7. The molecule has 0 amide bonds. The summed E-state index contributed by atoms with van der Waals surface area (Å²) in [5.74, 6) is 2.02. The smallest absolute Gasteiger partial charge is 0.168 e. The maximum absolute atomic E-state index is 5.56. The molecule has 28 heavy (non-hydrogen) atoms.